The second kappa shape index (κ2) is 3.10. The summed E-state index contributed by atoms with van der Waals surface area (Å²) < 4.78 is 4.87. The standard InChI is InChI=1S/C7H6N4O2/c12-7(5-1-8-3-10-5)13-6-2-9-4-11-6/h1-4H,(H,8,10)(H,9,11). The highest BCUT2D eigenvalue weighted by Crippen LogP contribution is 2.04. The third-order valence-corrected chi connectivity index (χ3v) is 1.39. The summed E-state index contributed by atoms with van der Waals surface area (Å²) in [5.74, 6) is -0.193. The zero-order valence-electron chi connectivity index (χ0n) is 6.52. The van der Waals surface area contributed by atoms with E-state index in [1.165, 1.54) is 25.0 Å². The molecule has 2 heterocycles. The average molecular weight is 178 g/mol. The predicted molar refractivity (Wildman–Crippen MR) is 42.1 cm³/mol. The van der Waals surface area contributed by atoms with Gasteiger partial charge in [0, 0.05) is 0 Å². The largest absolute Gasteiger partial charge is 0.403 e. The van der Waals surface area contributed by atoms with Crippen molar-refractivity contribution in [2.24, 2.45) is 0 Å². The molecule has 2 aromatic rings. The molecule has 13 heavy (non-hydrogen) atoms. The summed E-state index contributed by atoms with van der Waals surface area (Å²) in [6, 6.07) is 0. The van der Waals surface area contributed by atoms with Crippen LogP contribution in [-0.2, 0) is 0 Å². The number of esters is 1. The van der Waals surface area contributed by atoms with Crippen LogP contribution in [0.1, 0.15) is 10.5 Å². The number of nitrogens with zero attached hydrogens (tertiary/aromatic N) is 2. The fourth-order valence-electron chi connectivity index (χ4n) is 0.821. The molecule has 0 aliphatic carbocycles. The molecule has 0 unspecified atom stereocenters. The van der Waals surface area contributed by atoms with Crippen LogP contribution in [0.5, 0.6) is 5.88 Å². The number of carbonyl (C=O) groups is 1. The van der Waals surface area contributed by atoms with Gasteiger partial charge in [0.1, 0.15) is 5.69 Å². The minimum Gasteiger partial charge on any atom is -0.403 e. The van der Waals surface area contributed by atoms with Gasteiger partial charge in [0.05, 0.1) is 25.0 Å². The first-order valence-corrected chi connectivity index (χ1v) is 3.55. The maximum Gasteiger partial charge on any atom is 0.363 e. The molecule has 2 N–H and O–H groups in total. The Bertz CT molecular complexity index is 379. The Hall–Kier alpha value is -2.11. The van der Waals surface area contributed by atoms with E-state index in [2.05, 4.69) is 19.9 Å². The number of nitrogens with one attached hydrogen (secondary N) is 2. The molecule has 0 aliphatic heterocycles. The molecule has 66 valence electrons. The van der Waals surface area contributed by atoms with Gasteiger partial charge in [-0.3, -0.25) is 0 Å². The highest BCUT2D eigenvalue weighted by molar-refractivity contribution is 5.88. The number of hydrogen-bond donors (Lipinski definition) is 2. The molecule has 0 saturated carbocycles. The van der Waals surface area contributed by atoms with E-state index in [9.17, 15) is 4.79 Å². The molecule has 0 amide bonds. The summed E-state index contributed by atoms with van der Waals surface area (Å²) in [6.07, 6.45) is 5.63. The minimum atomic E-state index is -0.498. The Kier molecular flexibility index (Phi) is 1.79. The van der Waals surface area contributed by atoms with Crippen LogP contribution < -0.4 is 4.74 Å². The van der Waals surface area contributed by atoms with Gasteiger partial charge in [-0.2, -0.15) is 0 Å². The Morgan fingerprint density at radius 2 is 2.00 bits per heavy atom. The average Bonchev–Trinajstić information content (AvgIpc) is 2.74. The lowest BCUT2D eigenvalue weighted by Gasteiger charge is -1.96. The van der Waals surface area contributed by atoms with Crippen LogP contribution in [0.2, 0.25) is 0 Å². The quantitative estimate of drug-likeness (QED) is 0.650. The highest BCUT2D eigenvalue weighted by atomic mass is 16.5. The lowest BCUT2D eigenvalue weighted by molar-refractivity contribution is 0.0722. The topological polar surface area (TPSA) is 83.7 Å². The third kappa shape index (κ3) is 1.56. The summed E-state index contributed by atoms with van der Waals surface area (Å²) in [5.41, 5.74) is 0.301. The van der Waals surface area contributed by atoms with E-state index in [-0.39, 0.29) is 0 Å². The van der Waals surface area contributed by atoms with Crippen LogP contribution in [0.25, 0.3) is 0 Å². The number of imidazole rings is 2. The fraction of sp³-hybridized carbons (Fsp3) is 0. The summed E-state index contributed by atoms with van der Waals surface area (Å²) in [4.78, 5) is 23.9. The van der Waals surface area contributed by atoms with Crippen molar-refractivity contribution in [3.8, 4) is 5.88 Å². The zero-order valence-corrected chi connectivity index (χ0v) is 6.52. The Morgan fingerprint density at radius 1 is 1.23 bits per heavy atom. The molecular weight excluding hydrogens is 172 g/mol. The number of aromatic nitrogens is 4. The van der Waals surface area contributed by atoms with Crippen LogP contribution in [0.3, 0.4) is 0 Å². The Balaban J connectivity index is 2.08. The first-order chi connectivity index (χ1) is 6.36. The fourth-order valence-corrected chi connectivity index (χ4v) is 0.821. The number of ether oxygens (including phenoxy) is 1. The molecule has 0 bridgehead atoms. The van der Waals surface area contributed by atoms with Gasteiger partial charge in [-0.15, -0.1) is 0 Å². The van der Waals surface area contributed by atoms with E-state index in [4.69, 9.17) is 4.74 Å². The van der Waals surface area contributed by atoms with E-state index < -0.39 is 5.97 Å². The molecule has 6 heteroatoms. The maximum absolute atomic E-state index is 11.2. The number of carbonyl (C=O) groups excluding carboxylic acids is 1. The number of hydrogen-bond acceptors (Lipinski definition) is 4. The zero-order chi connectivity index (χ0) is 9.10. The second-order valence-corrected chi connectivity index (χ2v) is 2.27. The molecule has 0 fully saturated rings. The van der Waals surface area contributed by atoms with Gasteiger partial charge in [0.15, 0.2) is 0 Å². The molecule has 0 aromatic carbocycles. The van der Waals surface area contributed by atoms with Gasteiger partial charge in [-0.05, 0) is 0 Å². The lowest BCUT2D eigenvalue weighted by atomic mass is 10.5. The van der Waals surface area contributed by atoms with Gasteiger partial charge in [0.2, 0.25) is 5.88 Å². The van der Waals surface area contributed by atoms with Gasteiger partial charge in [-0.1, -0.05) is 0 Å². The first-order valence-electron chi connectivity index (χ1n) is 3.55. The van der Waals surface area contributed by atoms with Gasteiger partial charge >= 0.3 is 5.97 Å². The number of aromatic amines is 2. The lowest BCUT2D eigenvalue weighted by Crippen LogP contribution is -2.08. The molecule has 0 saturated heterocycles. The minimum absolute atomic E-state index is 0.301. The molecule has 6 nitrogen and oxygen atoms in total. The summed E-state index contributed by atoms with van der Waals surface area (Å²) in [7, 11) is 0. The summed E-state index contributed by atoms with van der Waals surface area (Å²) >= 11 is 0. The molecule has 0 spiro atoms. The monoisotopic (exact) mass is 178 g/mol. The molecule has 0 radical (unpaired) electrons. The van der Waals surface area contributed by atoms with Gasteiger partial charge in [0.25, 0.3) is 0 Å². The van der Waals surface area contributed by atoms with Crippen molar-refractivity contribution in [1.82, 2.24) is 19.9 Å². The van der Waals surface area contributed by atoms with E-state index in [0.717, 1.165) is 0 Å². The number of H-pyrrole nitrogens is 2. The Labute approximate surface area is 73.0 Å². The molecule has 2 aromatic heterocycles. The van der Waals surface area contributed by atoms with Crippen LogP contribution in [-0.4, -0.2) is 25.9 Å². The normalized spacial score (nSPS) is 9.85. The molecule has 0 atom stereocenters. The predicted octanol–water partition coefficient (Wildman–Crippen LogP) is 0.352. The van der Waals surface area contributed by atoms with Crippen molar-refractivity contribution in [2.75, 3.05) is 0 Å². The van der Waals surface area contributed by atoms with E-state index in [1.54, 1.807) is 0 Å². The first kappa shape index (κ1) is 7.53. The van der Waals surface area contributed by atoms with Crippen molar-refractivity contribution < 1.29 is 9.53 Å². The van der Waals surface area contributed by atoms with Crippen LogP contribution >= 0.6 is 0 Å². The van der Waals surface area contributed by atoms with Crippen molar-refractivity contribution in [2.45, 2.75) is 0 Å². The van der Waals surface area contributed by atoms with Gasteiger partial charge in [-0.25, -0.2) is 14.8 Å². The van der Waals surface area contributed by atoms with Crippen LogP contribution in [0, 0.1) is 0 Å². The third-order valence-electron chi connectivity index (χ3n) is 1.39. The van der Waals surface area contributed by atoms with Crippen molar-refractivity contribution in [3.63, 3.8) is 0 Å². The SMILES string of the molecule is O=C(Oc1cnc[nH]1)c1cnc[nH]1. The van der Waals surface area contributed by atoms with Crippen LogP contribution in [0.15, 0.2) is 25.0 Å². The number of rotatable bonds is 2. The van der Waals surface area contributed by atoms with Crippen LogP contribution in [0.4, 0.5) is 0 Å². The summed E-state index contributed by atoms with van der Waals surface area (Å²) in [5, 5.41) is 0. The van der Waals surface area contributed by atoms with E-state index >= 15 is 0 Å². The van der Waals surface area contributed by atoms with E-state index in [0.29, 0.717) is 11.6 Å². The van der Waals surface area contributed by atoms with Crippen molar-refractivity contribution in [3.05, 3.63) is 30.7 Å². The maximum atomic E-state index is 11.2. The highest BCUT2D eigenvalue weighted by Gasteiger charge is 2.09. The molecule has 0 aliphatic rings. The van der Waals surface area contributed by atoms with Gasteiger partial charge < -0.3 is 14.7 Å². The van der Waals surface area contributed by atoms with Crippen molar-refractivity contribution >= 4 is 5.97 Å². The molecular formula is C7H6N4O2. The second-order valence-electron chi connectivity index (χ2n) is 2.27. The van der Waals surface area contributed by atoms with Crippen molar-refractivity contribution in [1.29, 1.82) is 0 Å². The molecule has 2 rings (SSSR count). The smallest absolute Gasteiger partial charge is 0.363 e. The van der Waals surface area contributed by atoms with E-state index in [1.807, 2.05) is 0 Å². The Morgan fingerprint density at radius 3 is 2.62 bits per heavy atom. The summed E-state index contributed by atoms with van der Waals surface area (Å²) in [6.45, 7) is 0.